The van der Waals surface area contributed by atoms with Gasteiger partial charge in [-0.15, -0.1) is 0 Å². The van der Waals surface area contributed by atoms with Crippen molar-refractivity contribution in [2.45, 2.75) is 26.0 Å². The third-order valence-electron chi connectivity index (χ3n) is 3.57. The van der Waals surface area contributed by atoms with Gasteiger partial charge in [-0.3, -0.25) is 0 Å². The van der Waals surface area contributed by atoms with Crippen LogP contribution < -0.4 is 5.32 Å². The fourth-order valence-electron chi connectivity index (χ4n) is 2.09. The van der Waals surface area contributed by atoms with E-state index in [-0.39, 0.29) is 11.9 Å². The maximum atomic E-state index is 13.6. The van der Waals surface area contributed by atoms with Crippen molar-refractivity contribution in [3.05, 3.63) is 70.0 Å². The van der Waals surface area contributed by atoms with Gasteiger partial charge in [0.25, 0.3) is 0 Å². The number of nitrogens with one attached hydrogen (secondary N) is 1. The van der Waals surface area contributed by atoms with Crippen LogP contribution in [-0.4, -0.2) is 11.7 Å². The van der Waals surface area contributed by atoms with Crippen molar-refractivity contribution in [2.24, 2.45) is 0 Å². The van der Waals surface area contributed by atoms with Crippen LogP contribution in [0.5, 0.6) is 0 Å². The number of hydrogen-bond donors (Lipinski definition) is 2. The minimum Gasteiger partial charge on any atom is -0.387 e. The largest absolute Gasteiger partial charge is 0.387 e. The maximum absolute atomic E-state index is 13.6. The van der Waals surface area contributed by atoms with Gasteiger partial charge < -0.3 is 10.4 Å². The topological polar surface area (TPSA) is 32.3 Å². The normalized spacial score (nSPS) is 14.0. The Morgan fingerprint density at radius 1 is 1.14 bits per heavy atom. The van der Waals surface area contributed by atoms with Gasteiger partial charge in [0, 0.05) is 17.6 Å². The third-order valence-corrected chi connectivity index (χ3v) is 3.82. The summed E-state index contributed by atoms with van der Waals surface area (Å²) in [4.78, 5) is 0. The first-order valence-corrected chi connectivity index (χ1v) is 7.28. The molecule has 0 saturated heterocycles. The fraction of sp³-hybridized carbons (Fsp3) is 0.294. The van der Waals surface area contributed by atoms with Gasteiger partial charge in [-0.25, -0.2) is 4.39 Å². The molecule has 0 fully saturated rings. The van der Waals surface area contributed by atoms with Crippen molar-refractivity contribution in [1.82, 2.24) is 5.32 Å². The Kier molecular flexibility index (Phi) is 5.34. The van der Waals surface area contributed by atoms with Gasteiger partial charge in [0.15, 0.2) is 0 Å². The molecule has 2 aromatic rings. The van der Waals surface area contributed by atoms with E-state index in [1.807, 2.05) is 13.0 Å². The predicted molar refractivity (Wildman–Crippen MR) is 84.0 cm³/mol. The van der Waals surface area contributed by atoms with E-state index in [2.05, 4.69) is 5.32 Å². The van der Waals surface area contributed by atoms with E-state index in [0.717, 1.165) is 11.1 Å². The lowest BCUT2D eigenvalue weighted by atomic mass is 10.0. The smallest absolute Gasteiger partial charge is 0.126 e. The molecule has 0 aliphatic heterocycles. The SMILES string of the molecule is Cc1ccc(C(C)NCC(O)c2ccc(Cl)cc2)cc1F. The van der Waals surface area contributed by atoms with Crippen LogP contribution >= 0.6 is 11.6 Å². The minimum absolute atomic E-state index is 0.0398. The molecule has 0 amide bonds. The summed E-state index contributed by atoms with van der Waals surface area (Å²) in [6.45, 7) is 4.07. The standard InChI is InChI=1S/C17H19ClFNO/c1-11-3-4-14(9-16(11)19)12(2)20-10-17(21)13-5-7-15(18)8-6-13/h3-9,12,17,20-21H,10H2,1-2H3. The van der Waals surface area contributed by atoms with Gasteiger partial charge in [0.05, 0.1) is 6.10 Å². The summed E-state index contributed by atoms with van der Waals surface area (Å²) in [5.41, 5.74) is 2.29. The van der Waals surface area contributed by atoms with E-state index in [1.54, 1.807) is 37.3 Å². The molecule has 2 N–H and O–H groups in total. The van der Waals surface area contributed by atoms with Crippen molar-refractivity contribution in [2.75, 3.05) is 6.54 Å². The average molecular weight is 308 g/mol. The van der Waals surface area contributed by atoms with Gasteiger partial charge in [-0.05, 0) is 48.7 Å². The van der Waals surface area contributed by atoms with Crippen LogP contribution in [0.3, 0.4) is 0 Å². The minimum atomic E-state index is -0.625. The van der Waals surface area contributed by atoms with E-state index >= 15 is 0 Å². The molecule has 0 heterocycles. The van der Waals surface area contributed by atoms with E-state index < -0.39 is 6.10 Å². The molecule has 0 aromatic heterocycles. The van der Waals surface area contributed by atoms with E-state index in [9.17, 15) is 9.50 Å². The number of aryl methyl sites for hydroxylation is 1. The van der Waals surface area contributed by atoms with Crippen LogP contribution in [0.25, 0.3) is 0 Å². The van der Waals surface area contributed by atoms with Gasteiger partial charge in [-0.2, -0.15) is 0 Å². The zero-order chi connectivity index (χ0) is 15.4. The second-order valence-electron chi connectivity index (χ2n) is 5.21. The number of aliphatic hydroxyl groups is 1. The highest BCUT2D eigenvalue weighted by molar-refractivity contribution is 6.30. The lowest BCUT2D eigenvalue weighted by Crippen LogP contribution is -2.24. The Bertz CT molecular complexity index is 600. The lowest BCUT2D eigenvalue weighted by molar-refractivity contribution is 0.171. The molecule has 0 radical (unpaired) electrons. The number of hydrogen-bond acceptors (Lipinski definition) is 2. The molecule has 2 aromatic carbocycles. The van der Waals surface area contributed by atoms with E-state index in [0.29, 0.717) is 17.1 Å². The molecular weight excluding hydrogens is 289 g/mol. The molecule has 0 aliphatic carbocycles. The highest BCUT2D eigenvalue weighted by Crippen LogP contribution is 2.19. The van der Waals surface area contributed by atoms with Crippen LogP contribution in [0.1, 0.15) is 35.8 Å². The zero-order valence-electron chi connectivity index (χ0n) is 12.1. The van der Waals surface area contributed by atoms with Crippen LogP contribution in [0.4, 0.5) is 4.39 Å². The molecule has 0 spiro atoms. The molecule has 2 nitrogen and oxygen atoms in total. The zero-order valence-corrected chi connectivity index (χ0v) is 12.9. The molecule has 2 rings (SSSR count). The summed E-state index contributed by atoms with van der Waals surface area (Å²) < 4.78 is 13.6. The first kappa shape index (κ1) is 16.0. The molecule has 112 valence electrons. The predicted octanol–water partition coefficient (Wildman–Crippen LogP) is 4.17. The van der Waals surface area contributed by atoms with Gasteiger partial charge >= 0.3 is 0 Å². The summed E-state index contributed by atoms with van der Waals surface area (Å²) in [6, 6.07) is 12.2. The van der Waals surface area contributed by atoms with E-state index in [4.69, 9.17) is 11.6 Å². The second-order valence-corrected chi connectivity index (χ2v) is 5.64. The first-order valence-electron chi connectivity index (χ1n) is 6.90. The molecule has 0 aliphatic rings. The Balaban J connectivity index is 1.95. The number of benzene rings is 2. The maximum Gasteiger partial charge on any atom is 0.126 e. The van der Waals surface area contributed by atoms with Gasteiger partial charge in [0.1, 0.15) is 5.82 Å². The quantitative estimate of drug-likeness (QED) is 0.869. The first-order chi connectivity index (χ1) is 9.97. The molecular formula is C17H19ClFNO. The lowest BCUT2D eigenvalue weighted by Gasteiger charge is -2.18. The van der Waals surface area contributed by atoms with Gasteiger partial charge in [0.2, 0.25) is 0 Å². The second kappa shape index (κ2) is 7.03. The van der Waals surface area contributed by atoms with Crippen molar-refractivity contribution in [3.8, 4) is 0 Å². The van der Waals surface area contributed by atoms with Crippen LogP contribution in [0, 0.1) is 12.7 Å². The highest BCUT2D eigenvalue weighted by Gasteiger charge is 2.11. The summed E-state index contributed by atoms with van der Waals surface area (Å²) in [5.74, 6) is -0.209. The van der Waals surface area contributed by atoms with Crippen molar-refractivity contribution < 1.29 is 9.50 Å². The van der Waals surface area contributed by atoms with Gasteiger partial charge in [-0.1, -0.05) is 35.9 Å². The molecule has 0 bridgehead atoms. The average Bonchev–Trinajstić information content (AvgIpc) is 2.48. The molecule has 2 unspecified atom stereocenters. The van der Waals surface area contributed by atoms with Crippen molar-refractivity contribution in [1.29, 1.82) is 0 Å². The third kappa shape index (κ3) is 4.27. The van der Waals surface area contributed by atoms with Crippen molar-refractivity contribution >= 4 is 11.6 Å². The molecule has 4 heteroatoms. The summed E-state index contributed by atoms with van der Waals surface area (Å²) in [5, 5.41) is 14.0. The summed E-state index contributed by atoms with van der Waals surface area (Å²) >= 11 is 5.82. The van der Waals surface area contributed by atoms with Crippen LogP contribution in [0.2, 0.25) is 5.02 Å². The Morgan fingerprint density at radius 2 is 1.76 bits per heavy atom. The van der Waals surface area contributed by atoms with Crippen LogP contribution in [-0.2, 0) is 0 Å². The number of aliphatic hydroxyl groups excluding tert-OH is 1. The fourth-order valence-corrected chi connectivity index (χ4v) is 2.21. The highest BCUT2D eigenvalue weighted by atomic mass is 35.5. The number of halogens is 2. The molecule has 2 atom stereocenters. The number of rotatable bonds is 5. The molecule has 21 heavy (non-hydrogen) atoms. The summed E-state index contributed by atoms with van der Waals surface area (Å²) in [6.07, 6.45) is -0.625. The Hall–Kier alpha value is -1.42. The summed E-state index contributed by atoms with van der Waals surface area (Å²) in [7, 11) is 0. The van der Waals surface area contributed by atoms with Crippen LogP contribution in [0.15, 0.2) is 42.5 Å². The Morgan fingerprint density at radius 3 is 2.38 bits per heavy atom. The molecule has 0 saturated carbocycles. The van der Waals surface area contributed by atoms with Crippen molar-refractivity contribution in [3.63, 3.8) is 0 Å². The monoisotopic (exact) mass is 307 g/mol. The Labute approximate surface area is 129 Å². The van der Waals surface area contributed by atoms with E-state index in [1.165, 1.54) is 6.07 Å².